The lowest BCUT2D eigenvalue weighted by Crippen LogP contribution is -2.16. The van der Waals surface area contributed by atoms with Crippen molar-refractivity contribution >= 4 is 0 Å². The summed E-state index contributed by atoms with van der Waals surface area (Å²) in [6.07, 6.45) is 16.8. The van der Waals surface area contributed by atoms with Crippen LogP contribution in [-0.2, 0) is 0 Å². The first-order valence-corrected chi connectivity index (χ1v) is 7.38. The van der Waals surface area contributed by atoms with Crippen LogP contribution >= 0.6 is 0 Å². The Kier molecular flexibility index (Phi) is 4.53. The van der Waals surface area contributed by atoms with Gasteiger partial charge in [-0.25, -0.2) is 0 Å². The Morgan fingerprint density at radius 3 is 2.07 bits per heavy atom. The van der Waals surface area contributed by atoms with Crippen LogP contribution in [0.15, 0.2) is 0 Å². The summed E-state index contributed by atoms with van der Waals surface area (Å²) in [7, 11) is 0. The molecule has 0 aliphatic heterocycles. The molecule has 0 bridgehead atoms. The Bertz CT molecular complexity index is 165. The van der Waals surface area contributed by atoms with Crippen molar-refractivity contribution in [2.24, 2.45) is 17.8 Å². The second-order valence-electron chi connectivity index (χ2n) is 6.07. The van der Waals surface area contributed by atoms with E-state index in [9.17, 15) is 0 Å². The maximum Gasteiger partial charge on any atom is -0.0409 e. The van der Waals surface area contributed by atoms with Gasteiger partial charge in [0.1, 0.15) is 0 Å². The van der Waals surface area contributed by atoms with E-state index in [4.69, 9.17) is 0 Å². The molecule has 0 heterocycles. The van der Waals surface area contributed by atoms with E-state index in [1.54, 1.807) is 44.9 Å². The molecule has 0 amide bonds. The third-order valence-corrected chi connectivity index (χ3v) is 4.47. The fraction of sp³-hybridized carbons (Fsp3) is 1.00. The van der Waals surface area contributed by atoms with E-state index in [0.29, 0.717) is 0 Å². The molecule has 15 heavy (non-hydrogen) atoms. The van der Waals surface area contributed by atoms with Gasteiger partial charge in [-0.05, 0) is 30.6 Å². The standard InChI is InChI=1S/C15H28/c1-2-3-4-6-15(12-14-9-10-14)11-13-7-5-8-13/h13-15H,2-12H2,1H3. The first-order chi connectivity index (χ1) is 7.38. The highest BCUT2D eigenvalue weighted by atomic mass is 14.3. The molecular formula is C15H28. The third-order valence-electron chi connectivity index (χ3n) is 4.47. The molecule has 0 N–H and O–H groups in total. The van der Waals surface area contributed by atoms with Gasteiger partial charge < -0.3 is 0 Å². The fourth-order valence-corrected chi connectivity index (χ4v) is 3.04. The number of hydrogen-bond donors (Lipinski definition) is 0. The van der Waals surface area contributed by atoms with E-state index in [1.807, 2.05) is 0 Å². The van der Waals surface area contributed by atoms with E-state index in [0.717, 1.165) is 17.8 Å². The second-order valence-corrected chi connectivity index (χ2v) is 6.07. The number of hydrogen-bond acceptors (Lipinski definition) is 0. The Morgan fingerprint density at radius 2 is 1.60 bits per heavy atom. The van der Waals surface area contributed by atoms with Crippen LogP contribution < -0.4 is 0 Å². The van der Waals surface area contributed by atoms with Crippen molar-refractivity contribution < 1.29 is 0 Å². The molecule has 2 aliphatic rings. The predicted octanol–water partition coefficient (Wildman–Crippen LogP) is 5.17. The van der Waals surface area contributed by atoms with Gasteiger partial charge >= 0.3 is 0 Å². The smallest absolute Gasteiger partial charge is 0.0409 e. The van der Waals surface area contributed by atoms with Gasteiger partial charge in [0, 0.05) is 0 Å². The van der Waals surface area contributed by atoms with E-state index in [-0.39, 0.29) is 0 Å². The van der Waals surface area contributed by atoms with Crippen LogP contribution in [0.1, 0.15) is 77.6 Å². The highest BCUT2D eigenvalue weighted by Gasteiger charge is 2.28. The zero-order valence-corrected chi connectivity index (χ0v) is 10.5. The minimum atomic E-state index is 1.11. The van der Waals surface area contributed by atoms with Crippen LogP contribution in [0.4, 0.5) is 0 Å². The van der Waals surface area contributed by atoms with Crippen molar-refractivity contribution in [3.05, 3.63) is 0 Å². The first-order valence-electron chi connectivity index (χ1n) is 7.38. The quantitative estimate of drug-likeness (QED) is 0.482. The first kappa shape index (κ1) is 11.5. The highest BCUT2D eigenvalue weighted by molar-refractivity contribution is 4.80. The van der Waals surface area contributed by atoms with Crippen molar-refractivity contribution in [3.8, 4) is 0 Å². The van der Waals surface area contributed by atoms with Crippen LogP contribution in [0.25, 0.3) is 0 Å². The van der Waals surface area contributed by atoms with Crippen molar-refractivity contribution in [3.63, 3.8) is 0 Å². The SMILES string of the molecule is CCCCCC(CC1CCC1)CC1CC1. The maximum absolute atomic E-state index is 2.32. The fourth-order valence-electron chi connectivity index (χ4n) is 3.04. The lowest BCUT2D eigenvalue weighted by Gasteiger charge is -2.30. The van der Waals surface area contributed by atoms with E-state index < -0.39 is 0 Å². The summed E-state index contributed by atoms with van der Waals surface area (Å²) >= 11 is 0. The lowest BCUT2D eigenvalue weighted by atomic mass is 9.76. The Labute approximate surface area is 95.8 Å². The normalized spacial score (nSPS) is 23.8. The summed E-state index contributed by atoms with van der Waals surface area (Å²) in [5.41, 5.74) is 0. The maximum atomic E-state index is 2.32. The average molecular weight is 208 g/mol. The Balaban J connectivity index is 1.63. The molecule has 2 rings (SSSR count). The molecule has 0 aromatic rings. The number of unbranched alkanes of at least 4 members (excludes halogenated alkanes) is 2. The topological polar surface area (TPSA) is 0 Å². The summed E-state index contributed by atoms with van der Waals surface area (Å²) in [4.78, 5) is 0. The molecule has 0 aromatic heterocycles. The van der Waals surface area contributed by atoms with Crippen molar-refractivity contribution in [1.29, 1.82) is 0 Å². The Hall–Kier alpha value is 0. The molecule has 0 spiro atoms. The van der Waals surface area contributed by atoms with Gasteiger partial charge in [0.05, 0.1) is 0 Å². The molecule has 0 radical (unpaired) electrons. The van der Waals surface area contributed by atoms with Crippen molar-refractivity contribution in [1.82, 2.24) is 0 Å². The highest BCUT2D eigenvalue weighted by Crippen LogP contribution is 2.41. The molecular weight excluding hydrogens is 180 g/mol. The Morgan fingerprint density at radius 1 is 0.933 bits per heavy atom. The second kappa shape index (κ2) is 5.92. The molecule has 0 saturated heterocycles. The van der Waals surface area contributed by atoms with Gasteiger partial charge in [-0.15, -0.1) is 0 Å². The molecule has 1 unspecified atom stereocenters. The van der Waals surface area contributed by atoms with Gasteiger partial charge in [-0.3, -0.25) is 0 Å². The minimum absolute atomic E-state index is 1.11. The van der Waals surface area contributed by atoms with E-state index in [1.165, 1.54) is 25.7 Å². The summed E-state index contributed by atoms with van der Waals surface area (Å²) < 4.78 is 0. The van der Waals surface area contributed by atoms with Crippen molar-refractivity contribution in [2.75, 3.05) is 0 Å². The van der Waals surface area contributed by atoms with Crippen LogP contribution in [0.3, 0.4) is 0 Å². The largest absolute Gasteiger partial charge is 0.0654 e. The predicted molar refractivity (Wildman–Crippen MR) is 66.9 cm³/mol. The van der Waals surface area contributed by atoms with Crippen LogP contribution in [0.2, 0.25) is 0 Å². The van der Waals surface area contributed by atoms with Gasteiger partial charge in [0.15, 0.2) is 0 Å². The van der Waals surface area contributed by atoms with Gasteiger partial charge in [-0.2, -0.15) is 0 Å². The van der Waals surface area contributed by atoms with E-state index >= 15 is 0 Å². The lowest BCUT2D eigenvalue weighted by molar-refractivity contribution is 0.227. The third kappa shape index (κ3) is 4.17. The molecule has 2 aliphatic carbocycles. The van der Waals surface area contributed by atoms with Gasteiger partial charge in [-0.1, -0.05) is 64.7 Å². The van der Waals surface area contributed by atoms with Crippen LogP contribution in [0.5, 0.6) is 0 Å². The molecule has 1 atom stereocenters. The van der Waals surface area contributed by atoms with Crippen molar-refractivity contribution in [2.45, 2.75) is 77.6 Å². The van der Waals surface area contributed by atoms with Crippen LogP contribution in [0, 0.1) is 17.8 Å². The molecule has 2 saturated carbocycles. The zero-order valence-electron chi connectivity index (χ0n) is 10.5. The van der Waals surface area contributed by atoms with E-state index in [2.05, 4.69) is 6.92 Å². The van der Waals surface area contributed by atoms with Gasteiger partial charge in [0.25, 0.3) is 0 Å². The molecule has 0 aromatic carbocycles. The van der Waals surface area contributed by atoms with Gasteiger partial charge in [0.2, 0.25) is 0 Å². The molecule has 0 heteroatoms. The molecule has 2 fully saturated rings. The minimum Gasteiger partial charge on any atom is -0.0654 e. The summed E-state index contributed by atoms with van der Waals surface area (Å²) in [6.45, 7) is 2.32. The molecule has 88 valence electrons. The number of rotatable bonds is 8. The zero-order chi connectivity index (χ0) is 10.5. The summed E-state index contributed by atoms with van der Waals surface area (Å²) in [5, 5.41) is 0. The monoisotopic (exact) mass is 208 g/mol. The van der Waals surface area contributed by atoms with Crippen LogP contribution in [-0.4, -0.2) is 0 Å². The summed E-state index contributed by atoms with van der Waals surface area (Å²) in [6, 6.07) is 0. The average Bonchev–Trinajstić information content (AvgIpc) is 2.95. The molecule has 0 nitrogen and oxygen atoms in total. The summed E-state index contributed by atoms with van der Waals surface area (Å²) in [5.74, 6) is 3.39.